The van der Waals surface area contributed by atoms with Gasteiger partial charge in [-0.15, -0.1) is 11.8 Å². The lowest BCUT2D eigenvalue weighted by Gasteiger charge is -2.17. The van der Waals surface area contributed by atoms with Crippen LogP contribution < -0.4 is 9.47 Å². The Bertz CT molecular complexity index is 865. The van der Waals surface area contributed by atoms with Crippen LogP contribution in [0, 0.1) is 0 Å². The summed E-state index contributed by atoms with van der Waals surface area (Å²) in [6, 6.07) is 10.1. The summed E-state index contributed by atoms with van der Waals surface area (Å²) in [6.07, 6.45) is 0.397. The fourth-order valence-corrected chi connectivity index (χ4v) is 3.35. The van der Waals surface area contributed by atoms with E-state index in [0.29, 0.717) is 23.5 Å². The van der Waals surface area contributed by atoms with Gasteiger partial charge in [-0.25, -0.2) is 0 Å². The van der Waals surface area contributed by atoms with Gasteiger partial charge in [-0.05, 0) is 49.7 Å². The number of carboxylic acid groups (broad SMARTS) is 1. The van der Waals surface area contributed by atoms with Crippen LogP contribution in [0.15, 0.2) is 41.3 Å². The number of aromatic hydroxyl groups is 1. The van der Waals surface area contributed by atoms with Crippen LogP contribution in [-0.2, 0) is 11.2 Å². The number of phenols is 1. The average molecular weight is 435 g/mol. The Morgan fingerprint density at radius 1 is 1.07 bits per heavy atom. The number of rotatable bonds is 12. The lowest BCUT2D eigenvalue weighted by atomic mass is 10.0. The van der Waals surface area contributed by atoms with Crippen molar-refractivity contribution in [1.82, 2.24) is 0 Å². The predicted molar refractivity (Wildman–Crippen MR) is 114 cm³/mol. The minimum absolute atomic E-state index is 0.00222. The van der Waals surface area contributed by atoms with Crippen molar-refractivity contribution in [2.45, 2.75) is 37.7 Å². The highest BCUT2D eigenvalue weighted by molar-refractivity contribution is 8.00. The van der Waals surface area contributed by atoms with Gasteiger partial charge in [-0.1, -0.05) is 13.3 Å². The average Bonchev–Trinajstić information content (AvgIpc) is 2.71. The van der Waals surface area contributed by atoms with Crippen LogP contribution in [0.5, 0.6) is 17.2 Å². The van der Waals surface area contributed by atoms with Gasteiger partial charge in [0.1, 0.15) is 36.6 Å². The summed E-state index contributed by atoms with van der Waals surface area (Å²) < 4.78 is 11.2. The zero-order valence-corrected chi connectivity index (χ0v) is 17.8. The molecule has 162 valence electrons. The summed E-state index contributed by atoms with van der Waals surface area (Å²) in [7, 11) is 0. The zero-order chi connectivity index (χ0) is 22.1. The Kier molecular flexibility index (Phi) is 9.01. The molecule has 0 aliphatic carbocycles. The van der Waals surface area contributed by atoms with E-state index in [9.17, 15) is 19.8 Å². The highest BCUT2D eigenvalue weighted by Gasteiger charge is 2.17. The van der Waals surface area contributed by atoms with Crippen LogP contribution in [0.4, 0.5) is 0 Å². The van der Waals surface area contributed by atoms with Gasteiger partial charge in [-0.2, -0.15) is 0 Å². The maximum absolute atomic E-state index is 11.6. The van der Waals surface area contributed by atoms with Gasteiger partial charge < -0.3 is 24.8 Å². The standard InChI is InChI=1S/C22H26O7S/c1-3-4-19-20(10-9-18(14(2)23)22(19)27)29-12-15(24)11-28-16-5-7-17(8-6-16)30-13-21(25)26/h5-10,15,24,27H,3-4,11-13H2,1-2H3,(H,25,26). The molecule has 0 bridgehead atoms. The molecular weight excluding hydrogens is 408 g/mol. The van der Waals surface area contributed by atoms with E-state index in [2.05, 4.69) is 0 Å². The van der Waals surface area contributed by atoms with E-state index in [0.717, 1.165) is 11.3 Å². The normalized spacial score (nSPS) is 11.7. The molecule has 0 amide bonds. The third-order valence-corrected chi connectivity index (χ3v) is 5.18. The first-order chi connectivity index (χ1) is 14.3. The lowest BCUT2D eigenvalue weighted by molar-refractivity contribution is -0.133. The number of aliphatic hydroxyl groups excluding tert-OH is 1. The first kappa shape index (κ1) is 23.6. The van der Waals surface area contributed by atoms with Gasteiger partial charge >= 0.3 is 5.97 Å². The molecule has 0 saturated carbocycles. The van der Waals surface area contributed by atoms with Crippen LogP contribution in [0.25, 0.3) is 0 Å². The van der Waals surface area contributed by atoms with Crippen LogP contribution in [0.1, 0.15) is 36.2 Å². The number of thioether (sulfide) groups is 1. The summed E-state index contributed by atoms with van der Waals surface area (Å²) in [5.74, 6) is -0.221. The molecule has 8 heteroatoms. The molecule has 0 aliphatic rings. The lowest BCUT2D eigenvalue weighted by Crippen LogP contribution is -2.25. The molecule has 30 heavy (non-hydrogen) atoms. The first-order valence-corrected chi connectivity index (χ1v) is 10.5. The molecule has 0 spiro atoms. The molecule has 0 fully saturated rings. The minimum Gasteiger partial charge on any atom is -0.507 e. The van der Waals surface area contributed by atoms with Gasteiger partial charge in [-0.3, -0.25) is 9.59 Å². The molecule has 0 aromatic heterocycles. The maximum Gasteiger partial charge on any atom is 0.313 e. The van der Waals surface area contributed by atoms with E-state index in [1.165, 1.54) is 24.8 Å². The number of ketones is 1. The van der Waals surface area contributed by atoms with Crippen molar-refractivity contribution in [2.75, 3.05) is 19.0 Å². The molecule has 0 saturated heterocycles. The van der Waals surface area contributed by atoms with E-state index >= 15 is 0 Å². The number of carboxylic acids is 1. The van der Waals surface area contributed by atoms with Crippen molar-refractivity contribution in [2.24, 2.45) is 0 Å². The van der Waals surface area contributed by atoms with Gasteiger partial charge in [0.15, 0.2) is 5.78 Å². The van der Waals surface area contributed by atoms with E-state index in [1.807, 2.05) is 6.92 Å². The molecule has 0 radical (unpaired) electrons. The number of carbonyl (C=O) groups excluding carboxylic acids is 1. The smallest absolute Gasteiger partial charge is 0.313 e. The van der Waals surface area contributed by atoms with E-state index in [-0.39, 0.29) is 36.1 Å². The number of benzene rings is 2. The van der Waals surface area contributed by atoms with Crippen LogP contribution in [0.3, 0.4) is 0 Å². The Morgan fingerprint density at radius 2 is 1.73 bits per heavy atom. The fraction of sp³-hybridized carbons (Fsp3) is 0.364. The quantitative estimate of drug-likeness (QED) is 0.343. The van der Waals surface area contributed by atoms with Gasteiger partial charge in [0, 0.05) is 10.5 Å². The van der Waals surface area contributed by atoms with Crippen LogP contribution in [-0.4, -0.2) is 52.1 Å². The summed E-state index contributed by atoms with van der Waals surface area (Å²) in [6.45, 7) is 3.31. The second-order valence-electron chi connectivity index (χ2n) is 6.67. The molecule has 2 aromatic carbocycles. The van der Waals surface area contributed by atoms with E-state index < -0.39 is 12.1 Å². The summed E-state index contributed by atoms with van der Waals surface area (Å²) in [5, 5.41) is 29.2. The second kappa shape index (κ2) is 11.5. The monoisotopic (exact) mass is 434 g/mol. The molecule has 2 rings (SSSR count). The SMILES string of the molecule is CCCc1c(OCC(O)COc2ccc(SCC(=O)O)cc2)ccc(C(C)=O)c1O. The number of phenolic OH excluding ortho intramolecular Hbond substituents is 1. The summed E-state index contributed by atoms with van der Waals surface area (Å²) in [5.41, 5.74) is 0.799. The number of aliphatic hydroxyl groups is 1. The highest BCUT2D eigenvalue weighted by Crippen LogP contribution is 2.33. The largest absolute Gasteiger partial charge is 0.507 e. The maximum atomic E-state index is 11.6. The van der Waals surface area contributed by atoms with Crippen molar-refractivity contribution in [1.29, 1.82) is 0 Å². The molecular formula is C22H26O7S. The molecule has 2 aromatic rings. The number of hydrogen-bond donors (Lipinski definition) is 3. The van der Waals surface area contributed by atoms with Crippen LogP contribution in [0.2, 0.25) is 0 Å². The predicted octanol–water partition coefficient (Wildman–Crippen LogP) is 3.54. The number of carbonyl (C=O) groups is 2. The number of aliphatic carboxylic acids is 1. The Labute approximate surface area is 179 Å². The van der Waals surface area contributed by atoms with E-state index in [4.69, 9.17) is 14.6 Å². The van der Waals surface area contributed by atoms with Crippen molar-refractivity contribution in [3.05, 3.63) is 47.5 Å². The van der Waals surface area contributed by atoms with Gasteiger partial charge in [0.25, 0.3) is 0 Å². The summed E-state index contributed by atoms with van der Waals surface area (Å²) in [4.78, 5) is 23.0. The number of hydrogen-bond acceptors (Lipinski definition) is 7. The minimum atomic E-state index is -0.907. The van der Waals surface area contributed by atoms with Crippen molar-refractivity contribution < 1.29 is 34.4 Å². The third-order valence-electron chi connectivity index (χ3n) is 4.18. The Morgan fingerprint density at radius 3 is 2.33 bits per heavy atom. The molecule has 0 aliphatic heterocycles. The first-order valence-electron chi connectivity index (χ1n) is 9.55. The fourth-order valence-electron chi connectivity index (χ4n) is 2.73. The van der Waals surface area contributed by atoms with Crippen molar-refractivity contribution in [3.8, 4) is 17.2 Å². The number of Topliss-reactive ketones (excluding diaryl/α,β-unsaturated/α-hetero) is 1. The zero-order valence-electron chi connectivity index (χ0n) is 17.0. The van der Waals surface area contributed by atoms with E-state index in [1.54, 1.807) is 30.3 Å². The third kappa shape index (κ3) is 6.96. The molecule has 0 heterocycles. The highest BCUT2D eigenvalue weighted by atomic mass is 32.2. The molecule has 7 nitrogen and oxygen atoms in total. The van der Waals surface area contributed by atoms with Crippen LogP contribution >= 0.6 is 11.8 Å². The second-order valence-corrected chi connectivity index (χ2v) is 7.72. The summed E-state index contributed by atoms with van der Waals surface area (Å²) >= 11 is 1.21. The Balaban J connectivity index is 1.90. The molecule has 1 unspecified atom stereocenters. The topological polar surface area (TPSA) is 113 Å². The molecule has 1 atom stereocenters. The molecule has 3 N–H and O–H groups in total. The van der Waals surface area contributed by atoms with Crippen molar-refractivity contribution in [3.63, 3.8) is 0 Å². The number of ether oxygens (including phenoxy) is 2. The van der Waals surface area contributed by atoms with Gasteiger partial charge in [0.2, 0.25) is 0 Å². The Hall–Kier alpha value is -2.71. The van der Waals surface area contributed by atoms with Crippen molar-refractivity contribution >= 4 is 23.5 Å². The van der Waals surface area contributed by atoms with Gasteiger partial charge in [0.05, 0.1) is 11.3 Å².